The van der Waals surface area contributed by atoms with E-state index in [1.807, 2.05) is 26.0 Å². The largest absolute Gasteiger partial charge is 0.343 e. The lowest BCUT2D eigenvalue weighted by Gasteiger charge is -2.13. The second-order valence-electron chi connectivity index (χ2n) is 5.25. The molecule has 0 radical (unpaired) electrons. The fraction of sp³-hybridized carbons (Fsp3) is 0.312. The molecule has 0 bridgehead atoms. The zero-order chi connectivity index (χ0) is 16.3. The Kier molecular flexibility index (Phi) is 4.60. The lowest BCUT2D eigenvalue weighted by molar-refractivity contribution is 0.0816. The first-order valence-corrected chi connectivity index (χ1v) is 7.09. The smallest absolute Gasteiger partial charge is 0.273 e. The highest BCUT2D eigenvalue weighted by Gasteiger charge is 2.21. The maximum absolute atomic E-state index is 12.3. The van der Waals surface area contributed by atoms with Crippen molar-refractivity contribution in [3.8, 4) is 0 Å². The summed E-state index contributed by atoms with van der Waals surface area (Å²) >= 11 is 0. The summed E-state index contributed by atoms with van der Waals surface area (Å²) in [6.07, 6.45) is 1.51. The molecule has 1 aromatic heterocycles. The molecule has 0 atom stereocenters. The standard InChI is InChI=1S/C16H20N4O2/c1-5-20-14(16(22)19(3)4)13(10-17-20)18-15(21)12-8-6-7-11(2)9-12/h6-10H,5H2,1-4H3,(H,18,21). The van der Waals surface area contributed by atoms with Crippen molar-refractivity contribution in [3.63, 3.8) is 0 Å². The highest BCUT2D eigenvalue weighted by atomic mass is 16.2. The maximum atomic E-state index is 12.3. The SMILES string of the molecule is CCn1ncc(NC(=O)c2cccc(C)c2)c1C(=O)N(C)C. The number of hydrogen-bond acceptors (Lipinski definition) is 3. The molecule has 22 heavy (non-hydrogen) atoms. The van der Waals surface area contributed by atoms with E-state index in [0.29, 0.717) is 23.5 Å². The summed E-state index contributed by atoms with van der Waals surface area (Å²) in [5, 5.41) is 6.93. The van der Waals surface area contributed by atoms with Gasteiger partial charge in [0.2, 0.25) is 0 Å². The van der Waals surface area contributed by atoms with Crippen LogP contribution in [0.5, 0.6) is 0 Å². The number of aromatic nitrogens is 2. The Balaban J connectivity index is 2.32. The van der Waals surface area contributed by atoms with Gasteiger partial charge >= 0.3 is 0 Å². The molecule has 0 saturated carbocycles. The summed E-state index contributed by atoms with van der Waals surface area (Å²) in [7, 11) is 3.34. The normalized spacial score (nSPS) is 10.4. The Bertz CT molecular complexity index is 704. The van der Waals surface area contributed by atoms with Crippen molar-refractivity contribution in [2.45, 2.75) is 20.4 Å². The molecule has 0 aliphatic heterocycles. The van der Waals surface area contributed by atoms with Gasteiger partial charge < -0.3 is 10.2 Å². The molecule has 0 unspecified atom stereocenters. The molecule has 2 rings (SSSR count). The molecule has 6 heteroatoms. The van der Waals surface area contributed by atoms with Gasteiger partial charge in [-0.25, -0.2) is 0 Å². The predicted octanol–water partition coefficient (Wildman–Crippen LogP) is 2.17. The number of nitrogens with one attached hydrogen (secondary N) is 1. The van der Waals surface area contributed by atoms with Crippen LogP contribution in [0, 0.1) is 6.92 Å². The molecular weight excluding hydrogens is 280 g/mol. The van der Waals surface area contributed by atoms with E-state index in [1.165, 1.54) is 11.1 Å². The van der Waals surface area contributed by atoms with Gasteiger partial charge in [-0.2, -0.15) is 5.10 Å². The summed E-state index contributed by atoms with van der Waals surface area (Å²) in [6, 6.07) is 7.28. The Labute approximate surface area is 129 Å². The van der Waals surface area contributed by atoms with Crippen molar-refractivity contribution >= 4 is 17.5 Å². The molecule has 0 fully saturated rings. The molecule has 0 spiro atoms. The zero-order valence-electron chi connectivity index (χ0n) is 13.3. The van der Waals surface area contributed by atoms with E-state index in [0.717, 1.165) is 5.56 Å². The molecule has 0 aliphatic carbocycles. The Morgan fingerprint density at radius 3 is 2.64 bits per heavy atom. The first-order chi connectivity index (χ1) is 10.4. The van der Waals surface area contributed by atoms with Gasteiger partial charge in [0.1, 0.15) is 5.69 Å². The summed E-state index contributed by atoms with van der Waals surface area (Å²) < 4.78 is 1.58. The third-order valence-corrected chi connectivity index (χ3v) is 3.28. The van der Waals surface area contributed by atoms with Gasteiger partial charge in [-0.3, -0.25) is 14.3 Å². The third-order valence-electron chi connectivity index (χ3n) is 3.28. The minimum atomic E-state index is -0.257. The number of carbonyl (C=O) groups excluding carboxylic acids is 2. The van der Waals surface area contributed by atoms with Crippen molar-refractivity contribution in [3.05, 3.63) is 47.3 Å². The second-order valence-corrected chi connectivity index (χ2v) is 5.25. The van der Waals surface area contributed by atoms with E-state index in [9.17, 15) is 9.59 Å². The summed E-state index contributed by atoms with van der Waals surface area (Å²) in [4.78, 5) is 26.1. The number of rotatable bonds is 4. The van der Waals surface area contributed by atoms with Gasteiger partial charge in [0.15, 0.2) is 0 Å². The minimum Gasteiger partial charge on any atom is -0.343 e. The molecular formula is C16H20N4O2. The van der Waals surface area contributed by atoms with Gasteiger partial charge in [0.05, 0.1) is 11.9 Å². The van der Waals surface area contributed by atoms with Crippen LogP contribution in [0.1, 0.15) is 33.3 Å². The molecule has 6 nitrogen and oxygen atoms in total. The lowest BCUT2D eigenvalue weighted by Crippen LogP contribution is -2.26. The molecule has 0 saturated heterocycles. The number of aryl methyl sites for hydroxylation is 2. The molecule has 1 heterocycles. The predicted molar refractivity (Wildman–Crippen MR) is 85.1 cm³/mol. The molecule has 1 aromatic carbocycles. The average molecular weight is 300 g/mol. The van der Waals surface area contributed by atoms with E-state index in [2.05, 4.69) is 10.4 Å². The zero-order valence-corrected chi connectivity index (χ0v) is 13.3. The Morgan fingerprint density at radius 1 is 1.32 bits per heavy atom. The van der Waals surface area contributed by atoms with Crippen LogP contribution in [0.2, 0.25) is 0 Å². The Morgan fingerprint density at radius 2 is 2.05 bits per heavy atom. The van der Waals surface area contributed by atoms with Crippen LogP contribution in [0.15, 0.2) is 30.5 Å². The monoisotopic (exact) mass is 300 g/mol. The number of benzene rings is 1. The van der Waals surface area contributed by atoms with E-state index < -0.39 is 0 Å². The van der Waals surface area contributed by atoms with Crippen LogP contribution in [0.3, 0.4) is 0 Å². The molecule has 2 amide bonds. The highest BCUT2D eigenvalue weighted by molar-refractivity contribution is 6.08. The van der Waals surface area contributed by atoms with Crippen LogP contribution in [0.4, 0.5) is 5.69 Å². The van der Waals surface area contributed by atoms with E-state index in [1.54, 1.807) is 30.9 Å². The molecule has 1 N–H and O–H groups in total. The third kappa shape index (κ3) is 3.16. The average Bonchev–Trinajstić information content (AvgIpc) is 2.88. The number of hydrogen-bond donors (Lipinski definition) is 1. The second kappa shape index (κ2) is 6.43. The van der Waals surface area contributed by atoms with Gasteiger partial charge in [-0.15, -0.1) is 0 Å². The highest BCUT2D eigenvalue weighted by Crippen LogP contribution is 2.18. The van der Waals surface area contributed by atoms with E-state index in [-0.39, 0.29) is 11.8 Å². The number of anilines is 1. The fourth-order valence-electron chi connectivity index (χ4n) is 2.13. The minimum absolute atomic E-state index is 0.195. The lowest BCUT2D eigenvalue weighted by atomic mass is 10.1. The topological polar surface area (TPSA) is 67.2 Å². The molecule has 2 aromatic rings. The first kappa shape index (κ1) is 15.8. The van der Waals surface area contributed by atoms with Crippen LogP contribution < -0.4 is 5.32 Å². The van der Waals surface area contributed by atoms with Gasteiger partial charge in [0, 0.05) is 26.2 Å². The first-order valence-electron chi connectivity index (χ1n) is 7.09. The van der Waals surface area contributed by atoms with Crippen LogP contribution >= 0.6 is 0 Å². The van der Waals surface area contributed by atoms with Crippen molar-refractivity contribution in [1.82, 2.24) is 14.7 Å². The quantitative estimate of drug-likeness (QED) is 0.941. The van der Waals surface area contributed by atoms with Gasteiger partial charge in [-0.05, 0) is 26.0 Å². The summed E-state index contributed by atoms with van der Waals surface area (Å²) in [6.45, 7) is 4.37. The van der Waals surface area contributed by atoms with Crippen molar-refractivity contribution < 1.29 is 9.59 Å². The van der Waals surface area contributed by atoms with Crippen molar-refractivity contribution in [2.24, 2.45) is 0 Å². The van der Waals surface area contributed by atoms with Crippen LogP contribution in [0.25, 0.3) is 0 Å². The van der Waals surface area contributed by atoms with Crippen molar-refractivity contribution in [2.75, 3.05) is 19.4 Å². The van der Waals surface area contributed by atoms with Gasteiger partial charge in [-0.1, -0.05) is 17.7 Å². The van der Waals surface area contributed by atoms with Gasteiger partial charge in [0.25, 0.3) is 11.8 Å². The summed E-state index contributed by atoms with van der Waals surface area (Å²) in [5.41, 5.74) is 2.36. The Hall–Kier alpha value is -2.63. The summed E-state index contributed by atoms with van der Waals surface area (Å²) in [5.74, 6) is -0.453. The molecule has 0 aliphatic rings. The van der Waals surface area contributed by atoms with E-state index in [4.69, 9.17) is 0 Å². The number of carbonyl (C=O) groups is 2. The van der Waals surface area contributed by atoms with Crippen LogP contribution in [-0.2, 0) is 6.54 Å². The van der Waals surface area contributed by atoms with Crippen LogP contribution in [-0.4, -0.2) is 40.6 Å². The fourth-order valence-corrected chi connectivity index (χ4v) is 2.13. The number of amides is 2. The number of nitrogens with zero attached hydrogens (tertiary/aromatic N) is 3. The van der Waals surface area contributed by atoms with Crippen molar-refractivity contribution in [1.29, 1.82) is 0 Å². The van der Waals surface area contributed by atoms with E-state index >= 15 is 0 Å². The molecule has 116 valence electrons. The maximum Gasteiger partial charge on any atom is 0.273 e.